The number of amides is 1. The molecule has 1 fully saturated rings. The van der Waals surface area contributed by atoms with Crippen LogP contribution in [0.3, 0.4) is 0 Å². The average molecular weight is 452 g/mol. The number of hydrogen-bond donors (Lipinski definition) is 0. The molecule has 1 amide bonds. The molecule has 1 aliphatic heterocycles. The van der Waals surface area contributed by atoms with E-state index in [1.165, 1.54) is 11.8 Å². The van der Waals surface area contributed by atoms with Crippen LogP contribution >= 0.6 is 24.0 Å². The molecule has 1 aliphatic rings. The highest BCUT2D eigenvalue weighted by Crippen LogP contribution is 2.37. The van der Waals surface area contributed by atoms with Gasteiger partial charge in [-0.1, -0.05) is 42.2 Å². The molecular formula is C23H21N3O3S2. The summed E-state index contributed by atoms with van der Waals surface area (Å²) in [5.41, 5.74) is 3.31. The average Bonchev–Trinajstić information content (AvgIpc) is 3.34. The summed E-state index contributed by atoms with van der Waals surface area (Å²) in [5.74, 6) is 1.17. The fourth-order valence-electron chi connectivity index (χ4n) is 3.33. The predicted molar refractivity (Wildman–Crippen MR) is 128 cm³/mol. The SMILES string of the molecule is CCN1C(=O)C(=Cc2cn(-c3ccccc3)nc2-c2ccc(OC)c(OC)c2)SC1=S. The minimum atomic E-state index is -0.0803. The van der Waals surface area contributed by atoms with E-state index in [9.17, 15) is 4.79 Å². The third-order valence-electron chi connectivity index (χ3n) is 4.90. The fraction of sp³-hybridized carbons (Fsp3) is 0.174. The van der Waals surface area contributed by atoms with E-state index in [-0.39, 0.29) is 5.91 Å². The standard InChI is InChI=1S/C23H21N3O3S2/c1-4-25-22(27)20(31-23(25)30)13-16-14-26(17-8-6-5-7-9-17)24-21(16)15-10-11-18(28-2)19(12-15)29-3/h5-14H,4H2,1-3H3. The van der Waals surface area contributed by atoms with Gasteiger partial charge >= 0.3 is 0 Å². The zero-order valence-corrected chi connectivity index (χ0v) is 19.0. The van der Waals surface area contributed by atoms with Crippen LogP contribution in [0.25, 0.3) is 23.0 Å². The smallest absolute Gasteiger partial charge is 0.266 e. The summed E-state index contributed by atoms with van der Waals surface area (Å²) >= 11 is 6.67. The van der Waals surface area contributed by atoms with Crippen molar-refractivity contribution in [2.75, 3.05) is 20.8 Å². The van der Waals surface area contributed by atoms with Crippen LogP contribution < -0.4 is 9.47 Å². The van der Waals surface area contributed by atoms with Gasteiger partial charge in [0.15, 0.2) is 11.5 Å². The lowest BCUT2D eigenvalue weighted by atomic mass is 10.1. The van der Waals surface area contributed by atoms with E-state index < -0.39 is 0 Å². The maximum atomic E-state index is 12.7. The first kappa shape index (κ1) is 21.1. The zero-order chi connectivity index (χ0) is 22.0. The minimum Gasteiger partial charge on any atom is -0.493 e. The Kier molecular flexibility index (Phi) is 6.11. The van der Waals surface area contributed by atoms with Crippen molar-refractivity contribution < 1.29 is 14.3 Å². The number of thioether (sulfide) groups is 1. The number of thiocarbonyl (C=S) groups is 1. The van der Waals surface area contributed by atoms with Gasteiger partial charge in [0.05, 0.1) is 24.8 Å². The minimum absolute atomic E-state index is 0.0803. The number of ether oxygens (including phenoxy) is 2. The zero-order valence-electron chi connectivity index (χ0n) is 17.4. The van der Waals surface area contributed by atoms with E-state index in [4.69, 9.17) is 26.8 Å². The van der Waals surface area contributed by atoms with Crippen LogP contribution in [0.5, 0.6) is 11.5 Å². The van der Waals surface area contributed by atoms with Crippen LogP contribution in [0.15, 0.2) is 59.6 Å². The van der Waals surface area contributed by atoms with Gasteiger partial charge in [-0.2, -0.15) is 5.10 Å². The Hall–Kier alpha value is -3.10. The van der Waals surface area contributed by atoms with Crippen molar-refractivity contribution in [3.63, 3.8) is 0 Å². The largest absolute Gasteiger partial charge is 0.493 e. The van der Waals surface area contributed by atoms with Crippen molar-refractivity contribution in [2.45, 2.75) is 6.92 Å². The molecule has 2 aromatic carbocycles. The van der Waals surface area contributed by atoms with Gasteiger partial charge in [0.25, 0.3) is 5.91 Å². The molecule has 0 aliphatic carbocycles. The number of carbonyl (C=O) groups excluding carboxylic acids is 1. The lowest BCUT2D eigenvalue weighted by Gasteiger charge is -2.09. The van der Waals surface area contributed by atoms with Gasteiger partial charge in [0.1, 0.15) is 10.0 Å². The van der Waals surface area contributed by atoms with Gasteiger partial charge in [0, 0.05) is 23.9 Å². The molecule has 158 valence electrons. The van der Waals surface area contributed by atoms with E-state index >= 15 is 0 Å². The first-order chi connectivity index (χ1) is 15.0. The summed E-state index contributed by atoms with van der Waals surface area (Å²) in [6.45, 7) is 2.46. The van der Waals surface area contributed by atoms with Gasteiger partial charge in [-0.25, -0.2) is 4.68 Å². The highest BCUT2D eigenvalue weighted by atomic mass is 32.2. The third kappa shape index (κ3) is 4.08. The second-order valence-electron chi connectivity index (χ2n) is 6.71. The van der Waals surface area contributed by atoms with E-state index in [0.29, 0.717) is 27.3 Å². The molecular weight excluding hydrogens is 430 g/mol. The van der Waals surface area contributed by atoms with Crippen LogP contribution in [0.4, 0.5) is 0 Å². The number of carbonyl (C=O) groups is 1. The van der Waals surface area contributed by atoms with Crippen molar-refractivity contribution in [1.82, 2.24) is 14.7 Å². The maximum Gasteiger partial charge on any atom is 0.266 e. The maximum absolute atomic E-state index is 12.7. The van der Waals surface area contributed by atoms with Crippen LogP contribution in [0.2, 0.25) is 0 Å². The van der Waals surface area contributed by atoms with Crippen LogP contribution in [0, 0.1) is 0 Å². The summed E-state index contributed by atoms with van der Waals surface area (Å²) in [7, 11) is 3.20. The van der Waals surface area contributed by atoms with Crippen LogP contribution in [-0.2, 0) is 4.79 Å². The van der Waals surface area contributed by atoms with Gasteiger partial charge in [-0.05, 0) is 43.3 Å². The van der Waals surface area contributed by atoms with Crippen molar-refractivity contribution in [3.8, 4) is 28.4 Å². The quantitative estimate of drug-likeness (QED) is 0.397. The summed E-state index contributed by atoms with van der Waals surface area (Å²) in [4.78, 5) is 14.9. The van der Waals surface area contributed by atoms with Crippen LogP contribution in [0.1, 0.15) is 12.5 Å². The summed E-state index contributed by atoms with van der Waals surface area (Å²) in [5, 5.41) is 4.82. The topological polar surface area (TPSA) is 56.6 Å². The first-order valence-corrected chi connectivity index (χ1v) is 10.9. The molecule has 0 radical (unpaired) electrons. The number of hydrogen-bond acceptors (Lipinski definition) is 6. The lowest BCUT2D eigenvalue weighted by molar-refractivity contribution is -0.121. The predicted octanol–water partition coefficient (Wildman–Crippen LogP) is 4.78. The molecule has 8 heteroatoms. The molecule has 1 aromatic heterocycles. The Morgan fingerprint density at radius 2 is 1.84 bits per heavy atom. The summed E-state index contributed by atoms with van der Waals surface area (Å²) in [6.07, 6.45) is 3.77. The van der Waals surface area contributed by atoms with Gasteiger partial charge in [-0.3, -0.25) is 9.69 Å². The highest BCUT2D eigenvalue weighted by Gasteiger charge is 2.31. The van der Waals surface area contributed by atoms with Gasteiger partial charge < -0.3 is 9.47 Å². The number of para-hydroxylation sites is 1. The molecule has 31 heavy (non-hydrogen) atoms. The molecule has 3 aromatic rings. The Balaban J connectivity index is 1.85. The summed E-state index contributed by atoms with van der Waals surface area (Å²) in [6, 6.07) is 15.5. The van der Waals surface area contributed by atoms with Gasteiger partial charge in [0.2, 0.25) is 0 Å². The third-order valence-corrected chi connectivity index (χ3v) is 6.27. The number of rotatable bonds is 6. The second kappa shape index (κ2) is 8.95. The van der Waals surface area contributed by atoms with Crippen molar-refractivity contribution in [3.05, 3.63) is 65.2 Å². The molecule has 0 bridgehead atoms. The lowest BCUT2D eigenvalue weighted by Crippen LogP contribution is -2.27. The first-order valence-electron chi connectivity index (χ1n) is 9.68. The van der Waals surface area contributed by atoms with Gasteiger partial charge in [-0.15, -0.1) is 0 Å². The molecule has 0 saturated carbocycles. The second-order valence-corrected chi connectivity index (χ2v) is 8.38. The Labute approximate surface area is 190 Å². The van der Waals surface area contributed by atoms with Crippen molar-refractivity contribution in [2.24, 2.45) is 0 Å². The van der Waals surface area contributed by atoms with Crippen molar-refractivity contribution >= 4 is 40.3 Å². The van der Waals surface area contributed by atoms with Crippen molar-refractivity contribution in [1.29, 1.82) is 0 Å². The number of benzene rings is 2. The summed E-state index contributed by atoms with van der Waals surface area (Å²) < 4.78 is 13.2. The number of aromatic nitrogens is 2. The fourth-order valence-corrected chi connectivity index (χ4v) is 4.70. The molecule has 1 saturated heterocycles. The Bertz CT molecular complexity index is 1170. The van der Waals surface area contributed by atoms with E-state index in [1.54, 1.807) is 23.8 Å². The molecule has 2 heterocycles. The van der Waals surface area contributed by atoms with E-state index in [1.807, 2.05) is 67.7 Å². The monoisotopic (exact) mass is 451 g/mol. The normalized spacial score (nSPS) is 15.1. The molecule has 0 N–H and O–H groups in total. The Morgan fingerprint density at radius 3 is 2.48 bits per heavy atom. The Morgan fingerprint density at radius 1 is 1.10 bits per heavy atom. The van der Waals surface area contributed by atoms with E-state index in [2.05, 4.69) is 0 Å². The van der Waals surface area contributed by atoms with E-state index in [0.717, 1.165) is 22.5 Å². The highest BCUT2D eigenvalue weighted by molar-refractivity contribution is 8.26. The molecule has 0 unspecified atom stereocenters. The number of methoxy groups -OCH3 is 2. The van der Waals surface area contributed by atoms with Crippen LogP contribution in [-0.4, -0.2) is 45.7 Å². The number of nitrogens with zero attached hydrogens (tertiary/aromatic N) is 3. The molecule has 4 rings (SSSR count). The molecule has 6 nitrogen and oxygen atoms in total. The number of likely N-dealkylation sites (N-methyl/N-ethyl adjacent to an activating group) is 1. The molecule has 0 atom stereocenters. The molecule has 0 spiro atoms.